The molecule has 1 atom stereocenters. The number of ether oxygens (including phenoxy) is 1. The van der Waals surface area contributed by atoms with Crippen molar-refractivity contribution < 1.29 is 23.0 Å². The molecule has 0 aliphatic rings. The monoisotopic (exact) mass is 297 g/mol. The van der Waals surface area contributed by atoms with Crippen molar-refractivity contribution in [3.63, 3.8) is 0 Å². The first kappa shape index (κ1) is 15.2. The Morgan fingerprint density at radius 2 is 1.81 bits per heavy atom. The quantitative estimate of drug-likeness (QED) is 0.890. The average Bonchev–Trinajstić information content (AvgIpc) is 2.48. The number of nitrogens with one attached hydrogen (secondary N) is 1. The zero-order valence-corrected chi connectivity index (χ0v) is 11.2. The minimum atomic E-state index is -1.24. The summed E-state index contributed by atoms with van der Waals surface area (Å²) in [6.45, 7) is -0.0604. The lowest BCUT2D eigenvalue weighted by Crippen LogP contribution is -2.14. The van der Waals surface area contributed by atoms with Crippen LogP contribution in [0.5, 0.6) is 5.75 Å². The molecule has 0 fully saturated rings. The molecule has 0 bridgehead atoms. The zero-order chi connectivity index (χ0) is 15.4. The molecular weight excluding hydrogens is 283 g/mol. The van der Waals surface area contributed by atoms with Crippen molar-refractivity contribution in [2.24, 2.45) is 0 Å². The van der Waals surface area contributed by atoms with E-state index >= 15 is 0 Å². The minimum absolute atomic E-state index is 0.0476. The Morgan fingerprint density at radius 3 is 2.52 bits per heavy atom. The molecule has 2 aromatic rings. The highest BCUT2D eigenvalue weighted by Crippen LogP contribution is 2.23. The Labute approximate surface area is 120 Å². The fourth-order valence-corrected chi connectivity index (χ4v) is 1.86. The highest BCUT2D eigenvalue weighted by atomic mass is 19.1. The van der Waals surface area contributed by atoms with Crippen molar-refractivity contribution in [2.45, 2.75) is 6.10 Å². The van der Waals surface area contributed by atoms with Crippen LogP contribution in [0.15, 0.2) is 36.4 Å². The maximum atomic E-state index is 13.5. The molecule has 0 aromatic heterocycles. The lowest BCUT2D eigenvalue weighted by Gasteiger charge is -2.14. The summed E-state index contributed by atoms with van der Waals surface area (Å²) in [6.07, 6.45) is -1.24. The van der Waals surface area contributed by atoms with Gasteiger partial charge in [-0.3, -0.25) is 0 Å². The van der Waals surface area contributed by atoms with Crippen LogP contribution in [0.3, 0.4) is 0 Å². The number of aliphatic hydroxyl groups is 1. The van der Waals surface area contributed by atoms with Gasteiger partial charge in [-0.05, 0) is 30.3 Å². The molecule has 0 heterocycles. The smallest absolute Gasteiger partial charge is 0.165 e. The van der Waals surface area contributed by atoms with Crippen LogP contribution >= 0.6 is 0 Å². The van der Waals surface area contributed by atoms with E-state index in [1.54, 1.807) is 0 Å². The molecule has 21 heavy (non-hydrogen) atoms. The van der Waals surface area contributed by atoms with Gasteiger partial charge in [0, 0.05) is 23.9 Å². The summed E-state index contributed by atoms with van der Waals surface area (Å²) >= 11 is 0. The van der Waals surface area contributed by atoms with Crippen LogP contribution in [0, 0.1) is 17.5 Å². The molecule has 2 N–H and O–H groups in total. The second-order valence-electron chi connectivity index (χ2n) is 4.41. The number of rotatable bonds is 5. The van der Waals surface area contributed by atoms with Gasteiger partial charge in [-0.15, -0.1) is 0 Å². The van der Waals surface area contributed by atoms with E-state index < -0.39 is 23.6 Å². The van der Waals surface area contributed by atoms with Gasteiger partial charge in [0.15, 0.2) is 11.6 Å². The van der Waals surface area contributed by atoms with Crippen molar-refractivity contribution in [3.05, 3.63) is 59.4 Å². The summed E-state index contributed by atoms with van der Waals surface area (Å²) in [4.78, 5) is 0. The second kappa shape index (κ2) is 6.49. The molecule has 0 spiro atoms. The number of benzene rings is 2. The molecule has 2 rings (SSSR count). The maximum Gasteiger partial charge on any atom is 0.165 e. The predicted octanol–water partition coefficient (Wildman–Crippen LogP) is 3.26. The second-order valence-corrected chi connectivity index (χ2v) is 4.41. The third kappa shape index (κ3) is 3.66. The third-order valence-corrected chi connectivity index (χ3v) is 2.97. The van der Waals surface area contributed by atoms with Gasteiger partial charge >= 0.3 is 0 Å². The van der Waals surface area contributed by atoms with E-state index in [4.69, 9.17) is 4.74 Å². The topological polar surface area (TPSA) is 41.5 Å². The zero-order valence-electron chi connectivity index (χ0n) is 11.2. The molecule has 0 aliphatic heterocycles. The van der Waals surface area contributed by atoms with Crippen LogP contribution in [-0.2, 0) is 0 Å². The molecule has 112 valence electrons. The first-order valence-corrected chi connectivity index (χ1v) is 6.21. The van der Waals surface area contributed by atoms with Crippen LogP contribution in [0.2, 0.25) is 0 Å². The molecule has 0 radical (unpaired) electrons. The van der Waals surface area contributed by atoms with Crippen molar-refractivity contribution in [2.75, 3.05) is 19.0 Å². The van der Waals surface area contributed by atoms with E-state index in [9.17, 15) is 18.3 Å². The molecule has 0 amide bonds. The summed E-state index contributed by atoms with van der Waals surface area (Å²) in [5.41, 5.74) is 0.348. The molecule has 2 aromatic carbocycles. The Bertz CT molecular complexity index is 634. The summed E-state index contributed by atoms with van der Waals surface area (Å²) in [7, 11) is 1.33. The van der Waals surface area contributed by atoms with Gasteiger partial charge in [-0.1, -0.05) is 0 Å². The van der Waals surface area contributed by atoms with Gasteiger partial charge < -0.3 is 15.2 Å². The predicted molar refractivity (Wildman–Crippen MR) is 72.8 cm³/mol. The van der Waals surface area contributed by atoms with Gasteiger partial charge in [0.2, 0.25) is 0 Å². The Morgan fingerprint density at radius 1 is 1.10 bits per heavy atom. The Hall–Kier alpha value is -2.21. The summed E-state index contributed by atoms with van der Waals surface area (Å²) in [5.74, 6) is -1.79. The van der Waals surface area contributed by atoms with Gasteiger partial charge in [-0.25, -0.2) is 13.2 Å². The lowest BCUT2D eigenvalue weighted by atomic mass is 10.1. The Balaban J connectivity index is 2.07. The fourth-order valence-electron chi connectivity index (χ4n) is 1.86. The van der Waals surface area contributed by atoms with Crippen LogP contribution in [0.25, 0.3) is 0 Å². The third-order valence-electron chi connectivity index (χ3n) is 2.97. The molecule has 3 nitrogen and oxygen atoms in total. The number of hydrogen-bond acceptors (Lipinski definition) is 3. The molecule has 0 aliphatic carbocycles. The largest absolute Gasteiger partial charge is 0.494 e. The normalized spacial score (nSPS) is 12.0. The SMILES string of the molecule is COc1cc(NCC(O)c2cc(F)ccc2F)ccc1F. The Kier molecular flexibility index (Phi) is 4.70. The van der Waals surface area contributed by atoms with E-state index in [1.165, 1.54) is 25.3 Å². The van der Waals surface area contributed by atoms with Crippen molar-refractivity contribution in [1.29, 1.82) is 0 Å². The molecular formula is C15H14F3NO2. The van der Waals surface area contributed by atoms with Gasteiger partial charge in [0.1, 0.15) is 11.6 Å². The van der Waals surface area contributed by atoms with Crippen LogP contribution in [0.1, 0.15) is 11.7 Å². The van der Waals surface area contributed by atoms with Crippen LogP contribution < -0.4 is 10.1 Å². The van der Waals surface area contributed by atoms with Crippen molar-refractivity contribution in [3.8, 4) is 5.75 Å². The van der Waals surface area contributed by atoms with Crippen LogP contribution in [-0.4, -0.2) is 18.8 Å². The summed E-state index contributed by atoms with van der Waals surface area (Å²) < 4.78 is 44.6. The summed E-state index contributed by atoms with van der Waals surface area (Å²) in [5, 5.41) is 12.7. The van der Waals surface area contributed by atoms with Crippen LogP contribution in [0.4, 0.5) is 18.9 Å². The molecule has 6 heteroatoms. The minimum Gasteiger partial charge on any atom is -0.494 e. The van der Waals surface area contributed by atoms with Crippen molar-refractivity contribution >= 4 is 5.69 Å². The number of hydrogen-bond donors (Lipinski definition) is 2. The first-order valence-electron chi connectivity index (χ1n) is 6.21. The number of aliphatic hydroxyl groups excluding tert-OH is 1. The average molecular weight is 297 g/mol. The number of methoxy groups -OCH3 is 1. The van der Waals surface area contributed by atoms with Gasteiger partial charge in [0.05, 0.1) is 13.2 Å². The van der Waals surface area contributed by atoms with E-state index in [0.29, 0.717) is 5.69 Å². The highest BCUT2D eigenvalue weighted by molar-refractivity contribution is 5.49. The van der Waals surface area contributed by atoms with Gasteiger partial charge in [-0.2, -0.15) is 0 Å². The van der Waals surface area contributed by atoms with Crippen molar-refractivity contribution in [1.82, 2.24) is 0 Å². The maximum absolute atomic E-state index is 13.5. The lowest BCUT2D eigenvalue weighted by molar-refractivity contribution is 0.186. The molecule has 0 saturated heterocycles. The van der Waals surface area contributed by atoms with E-state index in [1.807, 2.05) is 0 Å². The molecule has 1 unspecified atom stereocenters. The fraction of sp³-hybridized carbons (Fsp3) is 0.200. The van der Waals surface area contributed by atoms with E-state index in [2.05, 4.69) is 5.32 Å². The van der Waals surface area contributed by atoms with E-state index in [-0.39, 0.29) is 17.9 Å². The molecule has 0 saturated carbocycles. The summed E-state index contributed by atoms with van der Waals surface area (Å²) in [6, 6.07) is 6.93. The van der Waals surface area contributed by atoms with E-state index in [0.717, 1.165) is 18.2 Å². The standard InChI is InChI=1S/C15H14F3NO2/c1-21-15-7-10(3-5-13(15)18)19-8-14(20)11-6-9(16)2-4-12(11)17/h2-7,14,19-20H,8H2,1H3. The van der Waals surface area contributed by atoms with Gasteiger partial charge in [0.25, 0.3) is 0 Å². The number of anilines is 1. The first-order chi connectivity index (χ1) is 10.0. The number of halogens is 3. The highest BCUT2D eigenvalue weighted by Gasteiger charge is 2.14.